The first kappa shape index (κ1) is 12.3. The topological polar surface area (TPSA) is 69.0 Å². The molecule has 8 heteroatoms. The van der Waals surface area contributed by atoms with E-state index in [1.165, 1.54) is 0 Å². The van der Waals surface area contributed by atoms with Crippen LogP contribution in [-0.4, -0.2) is 51.0 Å². The molecule has 3 heterocycles. The van der Waals surface area contributed by atoms with Crippen LogP contribution in [0.25, 0.3) is 5.95 Å². The van der Waals surface area contributed by atoms with Crippen molar-refractivity contribution in [2.75, 3.05) is 25.1 Å². The lowest BCUT2D eigenvalue weighted by atomic mass is 10.3. The van der Waals surface area contributed by atoms with Crippen molar-refractivity contribution in [1.82, 2.24) is 24.7 Å². The molecule has 1 saturated heterocycles. The fraction of sp³-hybridized carbons (Fsp3) is 0.455. The number of methoxy groups -OCH3 is 1. The molecule has 100 valence electrons. The fourth-order valence-corrected chi connectivity index (χ4v) is 2.21. The lowest BCUT2D eigenvalue weighted by Gasteiger charge is -2.16. The van der Waals surface area contributed by atoms with Crippen LogP contribution in [0.4, 0.5) is 5.95 Å². The first-order valence-electron chi connectivity index (χ1n) is 5.95. The van der Waals surface area contributed by atoms with Crippen molar-refractivity contribution in [1.29, 1.82) is 0 Å². The number of ether oxygens (including phenoxy) is 1. The monoisotopic (exact) mass is 280 g/mol. The van der Waals surface area contributed by atoms with Crippen molar-refractivity contribution in [3.05, 3.63) is 23.7 Å². The van der Waals surface area contributed by atoms with E-state index in [4.69, 9.17) is 16.3 Å². The number of nitrogens with zero attached hydrogens (tertiary/aromatic N) is 6. The highest BCUT2D eigenvalue weighted by Crippen LogP contribution is 2.19. The molecular formula is C11H13ClN6O. The summed E-state index contributed by atoms with van der Waals surface area (Å²) in [7, 11) is 1.71. The summed E-state index contributed by atoms with van der Waals surface area (Å²) in [5.74, 6) is 0.978. The largest absolute Gasteiger partial charge is 0.380 e. The molecule has 1 aliphatic heterocycles. The van der Waals surface area contributed by atoms with Gasteiger partial charge in [0.15, 0.2) is 0 Å². The van der Waals surface area contributed by atoms with Crippen molar-refractivity contribution in [2.24, 2.45) is 0 Å². The van der Waals surface area contributed by atoms with Crippen LogP contribution < -0.4 is 4.90 Å². The summed E-state index contributed by atoms with van der Waals surface area (Å²) in [5, 5.41) is 4.25. The minimum Gasteiger partial charge on any atom is -0.380 e. The molecule has 19 heavy (non-hydrogen) atoms. The SMILES string of the molecule is COC1CCN(c2nc(Cl)nc(-n3cccn3)n2)C1. The quantitative estimate of drug-likeness (QED) is 0.833. The molecule has 0 N–H and O–H groups in total. The molecule has 1 atom stereocenters. The van der Waals surface area contributed by atoms with Gasteiger partial charge in [0.1, 0.15) is 0 Å². The summed E-state index contributed by atoms with van der Waals surface area (Å²) < 4.78 is 6.89. The Balaban J connectivity index is 1.90. The Bertz CT molecular complexity index is 560. The Morgan fingerprint density at radius 3 is 2.84 bits per heavy atom. The maximum Gasteiger partial charge on any atom is 0.256 e. The standard InChI is InChI=1S/C11H13ClN6O/c1-19-8-3-6-17(7-8)10-14-9(12)15-11(16-10)18-5-2-4-13-18/h2,4-5,8H,3,6-7H2,1H3. The van der Waals surface area contributed by atoms with E-state index in [1.807, 2.05) is 4.90 Å². The third-order valence-electron chi connectivity index (χ3n) is 3.06. The highest BCUT2D eigenvalue weighted by atomic mass is 35.5. The van der Waals surface area contributed by atoms with Crippen LogP contribution in [0.3, 0.4) is 0 Å². The summed E-state index contributed by atoms with van der Waals surface area (Å²) in [6, 6.07) is 1.80. The second-order valence-electron chi connectivity index (χ2n) is 4.25. The molecular weight excluding hydrogens is 268 g/mol. The molecule has 0 aromatic carbocycles. The van der Waals surface area contributed by atoms with Gasteiger partial charge in [-0.2, -0.15) is 20.1 Å². The van der Waals surface area contributed by atoms with Gasteiger partial charge < -0.3 is 9.64 Å². The van der Waals surface area contributed by atoms with Crippen LogP contribution in [0.1, 0.15) is 6.42 Å². The Hall–Kier alpha value is -1.73. The van der Waals surface area contributed by atoms with E-state index >= 15 is 0 Å². The molecule has 0 spiro atoms. The highest BCUT2D eigenvalue weighted by molar-refractivity contribution is 6.28. The number of hydrogen-bond donors (Lipinski definition) is 0. The third kappa shape index (κ3) is 2.52. The van der Waals surface area contributed by atoms with Gasteiger partial charge in [0.25, 0.3) is 5.95 Å². The van der Waals surface area contributed by atoms with Crippen molar-refractivity contribution < 1.29 is 4.74 Å². The minimum atomic E-state index is 0.163. The zero-order chi connectivity index (χ0) is 13.2. The van der Waals surface area contributed by atoms with Crippen molar-refractivity contribution >= 4 is 17.5 Å². The Kier molecular flexibility index (Phi) is 3.31. The molecule has 3 rings (SSSR count). The average Bonchev–Trinajstić information content (AvgIpc) is 3.09. The first-order valence-corrected chi connectivity index (χ1v) is 6.33. The molecule has 2 aromatic heterocycles. The molecule has 0 aliphatic carbocycles. The van der Waals surface area contributed by atoms with Gasteiger partial charge in [-0.05, 0) is 24.1 Å². The molecule has 0 amide bonds. The predicted molar refractivity (Wildman–Crippen MR) is 69.6 cm³/mol. The van der Waals surface area contributed by atoms with Gasteiger partial charge in [0.05, 0.1) is 6.10 Å². The van der Waals surface area contributed by atoms with Gasteiger partial charge in [-0.1, -0.05) is 0 Å². The predicted octanol–water partition coefficient (Wildman–Crippen LogP) is 0.936. The van der Waals surface area contributed by atoms with Crippen LogP contribution in [0.15, 0.2) is 18.5 Å². The summed E-state index contributed by atoms with van der Waals surface area (Å²) in [6.45, 7) is 1.60. The molecule has 0 bridgehead atoms. The van der Waals surface area contributed by atoms with Gasteiger partial charge in [0.2, 0.25) is 11.2 Å². The second-order valence-corrected chi connectivity index (χ2v) is 4.59. The summed E-state index contributed by atoms with van der Waals surface area (Å²) in [6.07, 6.45) is 4.59. The lowest BCUT2D eigenvalue weighted by Crippen LogP contribution is -2.25. The number of hydrogen-bond acceptors (Lipinski definition) is 6. The Morgan fingerprint density at radius 2 is 2.16 bits per heavy atom. The summed E-state index contributed by atoms with van der Waals surface area (Å²) in [5.41, 5.74) is 0. The van der Waals surface area contributed by atoms with Gasteiger partial charge in [-0.25, -0.2) is 4.68 Å². The summed E-state index contributed by atoms with van der Waals surface area (Å²) in [4.78, 5) is 14.7. The average molecular weight is 281 g/mol. The van der Waals surface area contributed by atoms with E-state index in [0.717, 1.165) is 19.5 Å². The maximum absolute atomic E-state index is 5.95. The molecule has 0 radical (unpaired) electrons. The van der Waals surface area contributed by atoms with Crippen LogP contribution in [0.5, 0.6) is 0 Å². The van der Waals surface area contributed by atoms with Crippen molar-refractivity contribution in [3.63, 3.8) is 0 Å². The number of aromatic nitrogens is 5. The smallest absolute Gasteiger partial charge is 0.256 e. The maximum atomic E-state index is 5.95. The highest BCUT2D eigenvalue weighted by Gasteiger charge is 2.25. The Morgan fingerprint density at radius 1 is 1.32 bits per heavy atom. The van der Waals surface area contributed by atoms with Gasteiger partial charge in [0, 0.05) is 32.6 Å². The van der Waals surface area contributed by atoms with Crippen LogP contribution in [0, 0.1) is 0 Å². The van der Waals surface area contributed by atoms with E-state index in [-0.39, 0.29) is 11.4 Å². The van der Waals surface area contributed by atoms with Crippen molar-refractivity contribution in [3.8, 4) is 5.95 Å². The van der Waals surface area contributed by atoms with Crippen LogP contribution in [0.2, 0.25) is 5.28 Å². The number of halogens is 1. The fourth-order valence-electron chi connectivity index (χ4n) is 2.06. The van der Waals surface area contributed by atoms with E-state index < -0.39 is 0 Å². The lowest BCUT2D eigenvalue weighted by molar-refractivity contribution is 0.121. The molecule has 7 nitrogen and oxygen atoms in total. The Labute approximate surface area is 115 Å². The zero-order valence-electron chi connectivity index (χ0n) is 10.4. The molecule has 2 aromatic rings. The zero-order valence-corrected chi connectivity index (χ0v) is 11.2. The molecule has 1 aliphatic rings. The van der Waals surface area contributed by atoms with Gasteiger partial charge in [-0.3, -0.25) is 0 Å². The van der Waals surface area contributed by atoms with E-state index in [1.54, 1.807) is 30.3 Å². The van der Waals surface area contributed by atoms with Crippen molar-refractivity contribution in [2.45, 2.75) is 12.5 Å². The minimum absolute atomic E-state index is 0.163. The first-order chi connectivity index (χ1) is 9.26. The summed E-state index contributed by atoms with van der Waals surface area (Å²) >= 11 is 5.95. The molecule has 1 unspecified atom stereocenters. The van der Waals surface area contributed by atoms with Crippen LogP contribution in [-0.2, 0) is 4.74 Å². The number of anilines is 1. The van der Waals surface area contributed by atoms with E-state index in [0.29, 0.717) is 11.9 Å². The van der Waals surface area contributed by atoms with Crippen LogP contribution >= 0.6 is 11.6 Å². The van der Waals surface area contributed by atoms with Gasteiger partial charge in [-0.15, -0.1) is 0 Å². The number of rotatable bonds is 3. The van der Waals surface area contributed by atoms with E-state index in [2.05, 4.69) is 20.1 Å². The van der Waals surface area contributed by atoms with E-state index in [9.17, 15) is 0 Å². The second kappa shape index (κ2) is 5.10. The molecule has 1 fully saturated rings. The van der Waals surface area contributed by atoms with Gasteiger partial charge >= 0.3 is 0 Å². The molecule has 0 saturated carbocycles. The third-order valence-corrected chi connectivity index (χ3v) is 3.22. The normalized spacial score (nSPS) is 19.1.